The summed E-state index contributed by atoms with van der Waals surface area (Å²) in [4.78, 5) is 11.7. The van der Waals surface area contributed by atoms with Crippen molar-refractivity contribution in [3.63, 3.8) is 0 Å². The van der Waals surface area contributed by atoms with E-state index in [1.807, 2.05) is 30.3 Å². The third kappa shape index (κ3) is 3.89. The number of rotatable bonds is 6. The molecule has 6 heteroatoms. The van der Waals surface area contributed by atoms with Crippen LogP contribution in [0.3, 0.4) is 0 Å². The Morgan fingerprint density at radius 1 is 1.32 bits per heavy atom. The van der Waals surface area contributed by atoms with Crippen molar-refractivity contribution in [3.05, 3.63) is 47.8 Å². The number of carbonyl (C=O) groups is 1. The standard InChI is InChI=1S/C13H17N5O/c14-7-4-8-15-13(19)12-10-18(17-16-12)9-11-5-2-1-3-6-11/h1-3,5-6,10H,4,7-9,14H2,(H,15,19). The minimum absolute atomic E-state index is 0.215. The van der Waals surface area contributed by atoms with E-state index in [0.29, 0.717) is 25.3 Å². The Balaban J connectivity index is 1.93. The molecule has 0 aliphatic carbocycles. The molecular weight excluding hydrogens is 242 g/mol. The maximum atomic E-state index is 11.7. The topological polar surface area (TPSA) is 85.8 Å². The van der Waals surface area contributed by atoms with Gasteiger partial charge in [0.05, 0.1) is 12.7 Å². The lowest BCUT2D eigenvalue weighted by Crippen LogP contribution is -2.26. The van der Waals surface area contributed by atoms with Crippen molar-refractivity contribution in [2.24, 2.45) is 5.73 Å². The van der Waals surface area contributed by atoms with E-state index in [1.54, 1.807) is 10.9 Å². The molecule has 2 rings (SSSR count). The molecule has 0 saturated heterocycles. The van der Waals surface area contributed by atoms with Gasteiger partial charge in [-0.15, -0.1) is 5.10 Å². The van der Waals surface area contributed by atoms with Crippen LogP contribution in [0.1, 0.15) is 22.5 Å². The van der Waals surface area contributed by atoms with Crippen LogP contribution in [0.15, 0.2) is 36.5 Å². The molecule has 0 fully saturated rings. The van der Waals surface area contributed by atoms with Crippen molar-refractivity contribution in [2.45, 2.75) is 13.0 Å². The minimum Gasteiger partial charge on any atom is -0.351 e. The van der Waals surface area contributed by atoms with Gasteiger partial charge in [-0.3, -0.25) is 4.79 Å². The lowest BCUT2D eigenvalue weighted by atomic mass is 10.2. The maximum absolute atomic E-state index is 11.7. The predicted octanol–water partition coefficient (Wildman–Crippen LogP) is 0.405. The zero-order valence-electron chi connectivity index (χ0n) is 10.6. The summed E-state index contributed by atoms with van der Waals surface area (Å²) in [6.45, 7) is 1.71. The Labute approximate surface area is 111 Å². The van der Waals surface area contributed by atoms with E-state index in [2.05, 4.69) is 15.6 Å². The van der Waals surface area contributed by atoms with Crippen LogP contribution in [0.25, 0.3) is 0 Å². The first kappa shape index (κ1) is 13.2. The summed E-state index contributed by atoms with van der Waals surface area (Å²) >= 11 is 0. The molecule has 0 bridgehead atoms. The van der Waals surface area contributed by atoms with Crippen molar-refractivity contribution in [3.8, 4) is 0 Å². The van der Waals surface area contributed by atoms with E-state index in [9.17, 15) is 4.79 Å². The Morgan fingerprint density at radius 2 is 2.11 bits per heavy atom. The van der Waals surface area contributed by atoms with Gasteiger partial charge in [-0.2, -0.15) is 0 Å². The monoisotopic (exact) mass is 259 g/mol. The average molecular weight is 259 g/mol. The SMILES string of the molecule is NCCCNC(=O)c1cn(Cc2ccccc2)nn1. The van der Waals surface area contributed by atoms with Gasteiger partial charge in [0.15, 0.2) is 5.69 Å². The average Bonchev–Trinajstić information content (AvgIpc) is 2.89. The Kier molecular flexibility index (Phi) is 4.63. The van der Waals surface area contributed by atoms with Crippen LogP contribution in [-0.2, 0) is 6.54 Å². The van der Waals surface area contributed by atoms with Crippen LogP contribution in [0, 0.1) is 0 Å². The van der Waals surface area contributed by atoms with Crippen molar-refractivity contribution in [1.29, 1.82) is 0 Å². The molecule has 0 aliphatic rings. The highest BCUT2D eigenvalue weighted by Crippen LogP contribution is 2.02. The second-order valence-electron chi connectivity index (χ2n) is 4.19. The molecule has 0 spiro atoms. The molecule has 100 valence electrons. The molecule has 0 aliphatic heterocycles. The fourth-order valence-electron chi connectivity index (χ4n) is 1.64. The van der Waals surface area contributed by atoms with E-state index in [1.165, 1.54) is 0 Å². The zero-order valence-corrected chi connectivity index (χ0v) is 10.6. The number of nitrogens with one attached hydrogen (secondary N) is 1. The first-order valence-electron chi connectivity index (χ1n) is 6.22. The Bertz CT molecular complexity index is 523. The van der Waals surface area contributed by atoms with Crippen LogP contribution in [0.2, 0.25) is 0 Å². The highest BCUT2D eigenvalue weighted by atomic mass is 16.2. The molecule has 1 aromatic heterocycles. The summed E-state index contributed by atoms with van der Waals surface area (Å²) < 4.78 is 1.65. The molecule has 0 radical (unpaired) electrons. The summed E-state index contributed by atoms with van der Waals surface area (Å²) in [5.41, 5.74) is 6.80. The molecule has 1 heterocycles. The van der Waals surface area contributed by atoms with E-state index in [4.69, 9.17) is 5.73 Å². The van der Waals surface area contributed by atoms with Crippen molar-refractivity contribution >= 4 is 5.91 Å². The second kappa shape index (κ2) is 6.65. The number of amides is 1. The minimum atomic E-state index is -0.215. The number of nitrogens with zero attached hydrogens (tertiary/aromatic N) is 3. The number of benzene rings is 1. The fourth-order valence-corrected chi connectivity index (χ4v) is 1.64. The van der Waals surface area contributed by atoms with Crippen molar-refractivity contribution in [1.82, 2.24) is 20.3 Å². The molecule has 1 aromatic carbocycles. The largest absolute Gasteiger partial charge is 0.351 e. The van der Waals surface area contributed by atoms with Gasteiger partial charge in [-0.1, -0.05) is 35.5 Å². The van der Waals surface area contributed by atoms with Crippen LogP contribution in [-0.4, -0.2) is 34.0 Å². The number of hydrogen-bond acceptors (Lipinski definition) is 4. The van der Waals surface area contributed by atoms with E-state index in [0.717, 1.165) is 12.0 Å². The van der Waals surface area contributed by atoms with Crippen LogP contribution < -0.4 is 11.1 Å². The zero-order chi connectivity index (χ0) is 13.5. The van der Waals surface area contributed by atoms with Crippen LogP contribution in [0.5, 0.6) is 0 Å². The van der Waals surface area contributed by atoms with Gasteiger partial charge in [0, 0.05) is 6.54 Å². The molecule has 19 heavy (non-hydrogen) atoms. The van der Waals surface area contributed by atoms with Crippen molar-refractivity contribution < 1.29 is 4.79 Å². The quantitative estimate of drug-likeness (QED) is 0.735. The van der Waals surface area contributed by atoms with Gasteiger partial charge in [-0.25, -0.2) is 4.68 Å². The number of carbonyl (C=O) groups excluding carboxylic acids is 1. The molecule has 1 amide bonds. The lowest BCUT2D eigenvalue weighted by molar-refractivity contribution is 0.0948. The third-order valence-electron chi connectivity index (χ3n) is 2.63. The fraction of sp³-hybridized carbons (Fsp3) is 0.308. The molecule has 0 unspecified atom stereocenters. The molecule has 0 saturated carbocycles. The van der Waals surface area contributed by atoms with Gasteiger partial charge in [-0.05, 0) is 18.5 Å². The highest BCUT2D eigenvalue weighted by molar-refractivity contribution is 5.91. The van der Waals surface area contributed by atoms with E-state index < -0.39 is 0 Å². The summed E-state index contributed by atoms with van der Waals surface area (Å²) in [6.07, 6.45) is 2.40. The summed E-state index contributed by atoms with van der Waals surface area (Å²) in [5, 5.41) is 10.5. The van der Waals surface area contributed by atoms with Gasteiger partial charge in [0.2, 0.25) is 0 Å². The molecule has 0 atom stereocenters. The summed E-state index contributed by atoms with van der Waals surface area (Å²) in [5.74, 6) is -0.215. The summed E-state index contributed by atoms with van der Waals surface area (Å²) in [6, 6.07) is 9.89. The Morgan fingerprint density at radius 3 is 2.84 bits per heavy atom. The first-order chi connectivity index (χ1) is 9.29. The normalized spacial score (nSPS) is 10.4. The first-order valence-corrected chi connectivity index (χ1v) is 6.22. The van der Waals surface area contributed by atoms with Crippen LogP contribution >= 0.6 is 0 Å². The highest BCUT2D eigenvalue weighted by Gasteiger charge is 2.09. The molecular formula is C13H17N5O. The predicted molar refractivity (Wildman–Crippen MR) is 71.6 cm³/mol. The Hall–Kier alpha value is -2.21. The van der Waals surface area contributed by atoms with Crippen molar-refractivity contribution in [2.75, 3.05) is 13.1 Å². The van der Waals surface area contributed by atoms with Gasteiger partial charge < -0.3 is 11.1 Å². The van der Waals surface area contributed by atoms with E-state index >= 15 is 0 Å². The smallest absolute Gasteiger partial charge is 0.273 e. The van der Waals surface area contributed by atoms with Crippen LogP contribution in [0.4, 0.5) is 0 Å². The molecule has 2 aromatic rings. The number of hydrogen-bond donors (Lipinski definition) is 2. The second-order valence-corrected chi connectivity index (χ2v) is 4.19. The van der Waals surface area contributed by atoms with E-state index in [-0.39, 0.29) is 5.91 Å². The van der Waals surface area contributed by atoms with Gasteiger partial charge in [0.1, 0.15) is 0 Å². The number of aromatic nitrogens is 3. The van der Waals surface area contributed by atoms with Gasteiger partial charge in [0.25, 0.3) is 5.91 Å². The molecule has 6 nitrogen and oxygen atoms in total. The summed E-state index contributed by atoms with van der Waals surface area (Å²) in [7, 11) is 0. The lowest BCUT2D eigenvalue weighted by Gasteiger charge is -2.00. The number of nitrogens with two attached hydrogens (primary N) is 1. The van der Waals surface area contributed by atoms with Gasteiger partial charge >= 0.3 is 0 Å². The molecule has 3 N–H and O–H groups in total. The maximum Gasteiger partial charge on any atom is 0.273 e. The third-order valence-corrected chi connectivity index (χ3v) is 2.63.